The molecular weight excluding hydrogens is 246 g/mol. The van der Waals surface area contributed by atoms with Gasteiger partial charge >= 0.3 is 0 Å². The molecule has 0 amide bonds. The van der Waals surface area contributed by atoms with Gasteiger partial charge in [0.2, 0.25) is 0 Å². The zero-order valence-corrected chi connectivity index (χ0v) is 12.3. The second-order valence-electron chi connectivity index (χ2n) is 6.29. The van der Waals surface area contributed by atoms with E-state index in [0.717, 1.165) is 29.6 Å². The minimum atomic E-state index is -0.0271. The zero-order chi connectivity index (χ0) is 14.2. The lowest BCUT2D eigenvalue weighted by Gasteiger charge is -2.40. The Morgan fingerprint density at radius 3 is 2.65 bits per heavy atom. The lowest BCUT2D eigenvalue weighted by atomic mass is 9.88. The third-order valence-corrected chi connectivity index (χ3v) is 4.65. The van der Waals surface area contributed by atoms with Gasteiger partial charge in [0.1, 0.15) is 0 Å². The van der Waals surface area contributed by atoms with Crippen LogP contribution < -0.4 is 5.73 Å². The summed E-state index contributed by atoms with van der Waals surface area (Å²) in [6.45, 7) is 6.81. The highest BCUT2D eigenvalue weighted by atomic mass is 15.2. The van der Waals surface area contributed by atoms with Gasteiger partial charge in [-0.3, -0.25) is 9.88 Å². The molecule has 0 radical (unpaired) electrons. The van der Waals surface area contributed by atoms with E-state index < -0.39 is 0 Å². The SMILES string of the molecule is CC(C)(C(N)c1cnc2ccccc2c1)N1CCCC1. The fraction of sp³-hybridized carbons (Fsp3) is 0.471. The van der Waals surface area contributed by atoms with Gasteiger partial charge in [-0.25, -0.2) is 0 Å². The van der Waals surface area contributed by atoms with E-state index in [-0.39, 0.29) is 11.6 Å². The highest BCUT2D eigenvalue weighted by Crippen LogP contribution is 2.32. The van der Waals surface area contributed by atoms with Crippen LogP contribution in [0.15, 0.2) is 36.5 Å². The molecule has 0 aliphatic carbocycles. The first-order valence-corrected chi connectivity index (χ1v) is 7.44. The minimum absolute atomic E-state index is 0.0160. The van der Waals surface area contributed by atoms with Gasteiger partial charge < -0.3 is 5.73 Å². The molecule has 1 aromatic heterocycles. The molecule has 1 atom stereocenters. The molecule has 3 rings (SSSR count). The van der Waals surface area contributed by atoms with Crippen molar-refractivity contribution in [2.45, 2.75) is 38.3 Å². The number of para-hydroxylation sites is 1. The largest absolute Gasteiger partial charge is 0.322 e. The van der Waals surface area contributed by atoms with Crippen molar-refractivity contribution in [2.75, 3.05) is 13.1 Å². The summed E-state index contributed by atoms with van der Waals surface area (Å²) >= 11 is 0. The van der Waals surface area contributed by atoms with Crippen LogP contribution in [0.25, 0.3) is 10.9 Å². The zero-order valence-electron chi connectivity index (χ0n) is 12.3. The van der Waals surface area contributed by atoms with Crippen molar-refractivity contribution in [1.29, 1.82) is 0 Å². The van der Waals surface area contributed by atoms with Gasteiger partial charge in [-0.15, -0.1) is 0 Å². The van der Waals surface area contributed by atoms with Gasteiger partial charge in [0.15, 0.2) is 0 Å². The summed E-state index contributed by atoms with van der Waals surface area (Å²) in [5.41, 5.74) is 8.69. The predicted molar refractivity (Wildman–Crippen MR) is 83.6 cm³/mol. The number of nitrogens with zero attached hydrogens (tertiary/aromatic N) is 2. The highest BCUT2D eigenvalue weighted by Gasteiger charge is 2.35. The Kier molecular flexibility index (Phi) is 3.48. The van der Waals surface area contributed by atoms with Gasteiger partial charge in [0.25, 0.3) is 0 Å². The van der Waals surface area contributed by atoms with Crippen LogP contribution in [0.5, 0.6) is 0 Å². The lowest BCUT2D eigenvalue weighted by molar-refractivity contribution is 0.124. The molecule has 0 spiro atoms. The summed E-state index contributed by atoms with van der Waals surface area (Å²) in [5, 5.41) is 1.16. The van der Waals surface area contributed by atoms with E-state index in [0.29, 0.717) is 0 Å². The Morgan fingerprint density at radius 2 is 1.90 bits per heavy atom. The fourth-order valence-corrected chi connectivity index (χ4v) is 3.16. The van der Waals surface area contributed by atoms with E-state index in [1.165, 1.54) is 12.8 Å². The molecule has 2 N–H and O–H groups in total. The number of likely N-dealkylation sites (tertiary alicyclic amines) is 1. The van der Waals surface area contributed by atoms with Crippen molar-refractivity contribution in [3.63, 3.8) is 0 Å². The minimum Gasteiger partial charge on any atom is -0.322 e. The van der Waals surface area contributed by atoms with Crippen LogP contribution in [0.4, 0.5) is 0 Å². The highest BCUT2D eigenvalue weighted by molar-refractivity contribution is 5.78. The summed E-state index contributed by atoms with van der Waals surface area (Å²) in [5.74, 6) is 0. The van der Waals surface area contributed by atoms with Crippen molar-refractivity contribution in [2.24, 2.45) is 5.73 Å². The van der Waals surface area contributed by atoms with E-state index in [9.17, 15) is 0 Å². The normalized spacial score (nSPS) is 18.6. The van der Waals surface area contributed by atoms with Gasteiger partial charge in [-0.2, -0.15) is 0 Å². The van der Waals surface area contributed by atoms with Gasteiger partial charge in [-0.05, 0) is 57.5 Å². The Labute approximate surface area is 120 Å². The Balaban J connectivity index is 1.92. The number of rotatable bonds is 3. The molecule has 0 bridgehead atoms. The van der Waals surface area contributed by atoms with Crippen LogP contribution >= 0.6 is 0 Å². The number of hydrogen-bond acceptors (Lipinski definition) is 3. The second-order valence-corrected chi connectivity index (χ2v) is 6.29. The number of benzene rings is 1. The topological polar surface area (TPSA) is 42.1 Å². The molecule has 1 aromatic carbocycles. The fourth-order valence-electron chi connectivity index (χ4n) is 3.16. The molecule has 20 heavy (non-hydrogen) atoms. The molecule has 2 heterocycles. The van der Waals surface area contributed by atoms with Gasteiger partial charge in [0, 0.05) is 23.2 Å². The second kappa shape index (κ2) is 5.15. The Bertz CT molecular complexity index is 600. The first-order valence-electron chi connectivity index (χ1n) is 7.44. The van der Waals surface area contributed by atoms with E-state index in [1.54, 1.807) is 0 Å². The molecule has 1 unspecified atom stereocenters. The lowest BCUT2D eigenvalue weighted by Crippen LogP contribution is -2.49. The van der Waals surface area contributed by atoms with Gasteiger partial charge in [0.05, 0.1) is 5.52 Å². The van der Waals surface area contributed by atoms with Crippen LogP contribution in [0.2, 0.25) is 0 Å². The van der Waals surface area contributed by atoms with E-state index in [2.05, 4.69) is 35.9 Å². The average molecular weight is 269 g/mol. The van der Waals surface area contributed by atoms with Crippen LogP contribution in [0.3, 0.4) is 0 Å². The van der Waals surface area contributed by atoms with Crippen LogP contribution in [-0.2, 0) is 0 Å². The Hall–Kier alpha value is -1.45. The quantitative estimate of drug-likeness (QED) is 0.931. The van der Waals surface area contributed by atoms with Crippen molar-refractivity contribution < 1.29 is 0 Å². The molecule has 106 valence electrons. The van der Waals surface area contributed by atoms with Crippen LogP contribution in [-0.4, -0.2) is 28.5 Å². The maximum atomic E-state index is 6.56. The molecule has 1 aliphatic heterocycles. The number of nitrogens with two attached hydrogens (primary N) is 1. The van der Waals surface area contributed by atoms with Crippen LogP contribution in [0.1, 0.15) is 38.3 Å². The molecule has 1 fully saturated rings. The van der Waals surface area contributed by atoms with E-state index in [4.69, 9.17) is 5.73 Å². The first-order chi connectivity index (χ1) is 9.59. The van der Waals surface area contributed by atoms with E-state index >= 15 is 0 Å². The number of hydrogen-bond donors (Lipinski definition) is 1. The summed E-state index contributed by atoms with van der Waals surface area (Å²) in [6, 6.07) is 10.4. The van der Waals surface area contributed by atoms with Gasteiger partial charge in [-0.1, -0.05) is 18.2 Å². The van der Waals surface area contributed by atoms with E-state index in [1.807, 2.05) is 24.4 Å². The summed E-state index contributed by atoms with van der Waals surface area (Å²) < 4.78 is 0. The number of aromatic nitrogens is 1. The first kappa shape index (κ1) is 13.5. The molecule has 3 heteroatoms. The molecule has 3 nitrogen and oxygen atoms in total. The molecule has 0 saturated carbocycles. The van der Waals surface area contributed by atoms with Crippen molar-refractivity contribution in [3.8, 4) is 0 Å². The maximum absolute atomic E-state index is 6.56. The third-order valence-electron chi connectivity index (χ3n) is 4.65. The number of fused-ring (bicyclic) bond motifs is 1. The number of pyridine rings is 1. The summed E-state index contributed by atoms with van der Waals surface area (Å²) in [7, 11) is 0. The predicted octanol–water partition coefficient (Wildman–Crippen LogP) is 3.11. The van der Waals surface area contributed by atoms with Crippen molar-refractivity contribution in [1.82, 2.24) is 9.88 Å². The maximum Gasteiger partial charge on any atom is 0.0702 e. The Morgan fingerprint density at radius 1 is 1.20 bits per heavy atom. The molecular formula is C17H23N3. The smallest absolute Gasteiger partial charge is 0.0702 e. The molecule has 1 saturated heterocycles. The summed E-state index contributed by atoms with van der Waals surface area (Å²) in [4.78, 5) is 7.05. The van der Waals surface area contributed by atoms with Crippen molar-refractivity contribution >= 4 is 10.9 Å². The average Bonchev–Trinajstić information content (AvgIpc) is 3.01. The molecule has 1 aliphatic rings. The summed E-state index contributed by atoms with van der Waals surface area (Å²) in [6.07, 6.45) is 4.50. The van der Waals surface area contributed by atoms with Crippen molar-refractivity contribution in [3.05, 3.63) is 42.1 Å². The monoisotopic (exact) mass is 269 g/mol. The third kappa shape index (κ3) is 2.32. The van der Waals surface area contributed by atoms with Crippen LogP contribution in [0, 0.1) is 0 Å². The standard InChI is InChI=1S/C17H23N3/c1-17(2,20-9-5-6-10-20)16(18)14-11-13-7-3-4-8-15(13)19-12-14/h3-4,7-8,11-12,16H,5-6,9-10,18H2,1-2H3. The molecule has 2 aromatic rings.